The highest BCUT2D eigenvalue weighted by Crippen LogP contribution is 2.27. The topological polar surface area (TPSA) is 46.3 Å². The first-order valence-electron chi connectivity index (χ1n) is 4.90. The van der Waals surface area contributed by atoms with Gasteiger partial charge in [0.05, 0.1) is 0 Å². The molecule has 0 radical (unpaired) electrons. The molecule has 1 aliphatic heterocycles. The fourth-order valence-corrected chi connectivity index (χ4v) is 2.01. The van der Waals surface area contributed by atoms with E-state index >= 15 is 0 Å². The van der Waals surface area contributed by atoms with Gasteiger partial charge in [-0.3, -0.25) is 4.79 Å². The van der Waals surface area contributed by atoms with Gasteiger partial charge in [0.1, 0.15) is 0 Å². The van der Waals surface area contributed by atoms with E-state index in [4.69, 9.17) is 17.3 Å². The number of aryl methyl sites for hydroxylation is 1. The summed E-state index contributed by atoms with van der Waals surface area (Å²) < 4.78 is 0. The highest BCUT2D eigenvalue weighted by Gasteiger charge is 2.28. The molecule has 4 heteroatoms. The summed E-state index contributed by atoms with van der Waals surface area (Å²) >= 11 is 5.91. The maximum Gasteiger partial charge on any atom is 0.228 e. The third-order valence-electron chi connectivity index (χ3n) is 2.62. The van der Waals surface area contributed by atoms with Crippen LogP contribution in [0.15, 0.2) is 18.2 Å². The fourth-order valence-electron chi connectivity index (χ4n) is 1.84. The monoisotopic (exact) mass is 224 g/mol. The summed E-state index contributed by atoms with van der Waals surface area (Å²) in [6.45, 7) is 2.54. The number of amides is 1. The van der Waals surface area contributed by atoms with Crippen LogP contribution in [0.3, 0.4) is 0 Å². The Morgan fingerprint density at radius 2 is 2.27 bits per heavy atom. The predicted molar refractivity (Wildman–Crippen MR) is 61.1 cm³/mol. The molecular weight excluding hydrogens is 212 g/mol. The van der Waals surface area contributed by atoms with Crippen molar-refractivity contribution in [2.75, 3.05) is 11.4 Å². The molecular formula is C11H13ClN2O. The maximum absolute atomic E-state index is 11.7. The second-order valence-corrected chi connectivity index (χ2v) is 4.34. The quantitative estimate of drug-likeness (QED) is 0.790. The molecule has 1 saturated heterocycles. The number of carbonyl (C=O) groups excluding carboxylic acids is 1. The van der Waals surface area contributed by atoms with Crippen molar-refractivity contribution in [2.45, 2.75) is 19.4 Å². The molecule has 1 aromatic carbocycles. The first kappa shape index (κ1) is 10.5. The maximum atomic E-state index is 11.7. The molecule has 0 aliphatic carbocycles. The highest BCUT2D eigenvalue weighted by atomic mass is 35.5. The van der Waals surface area contributed by atoms with Crippen molar-refractivity contribution in [2.24, 2.45) is 5.73 Å². The largest absolute Gasteiger partial charge is 0.326 e. The average molecular weight is 225 g/mol. The SMILES string of the molecule is Cc1ccc(Cl)cc1N1CC(N)CC1=O. The molecule has 1 aliphatic rings. The van der Waals surface area contributed by atoms with Gasteiger partial charge in [0.15, 0.2) is 0 Å². The van der Waals surface area contributed by atoms with E-state index in [9.17, 15) is 4.79 Å². The van der Waals surface area contributed by atoms with Crippen LogP contribution in [-0.2, 0) is 4.79 Å². The first-order valence-corrected chi connectivity index (χ1v) is 5.28. The Balaban J connectivity index is 2.37. The third-order valence-corrected chi connectivity index (χ3v) is 2.85. The standard InChI is InChI=1S/C11H13ClN2O/c1-7-2-3-8(12)4-10(7)14-6-9(13)5-11(14)15/h2-4,9H,5-6,13H2,1H3. The van der Waals surface area contributed by atoms with Crippen LogP contribution in [0.5, 0.6) is 0 Å². The van der Waals surface area contributed by atoms with Crippen LogP contribution in [0.4, 0.5) is 5.69 Å². The first-order chi connectivity index (χ1) is 7.08. The van der Waals surface area contributed by atoms with Gasteiger partial charge >= 0.3 is 0 Å². The third kappa shape index (κ3) is 1.98. The number of nitrogens with zero attached hydrogens (tertiary/aromatic N) is 1. The molecule has 3 nitrogen and oxygen atoms in total. The molecule has 15 heavy (non-hydrogen) atoms. The van der Waals surface area contributed by atoms with Gasteiger partial charge in [0, 0.05) is 29.7 Å². The molecule has 0 saturated carbocycles. The number of carbonyl (C=O) groups is 1. The van der Waals surface area contributed by atoms with Crippen LogP contribution in [0.2, 0.25) is 5.02 Å². The number of halogens is 1. The van der Waals surface area contributed by atoms with Crippen molar-refractivity contribution in [1.29, 1.82) is 0 Å². The van der Waals surface area contributed by atoms with Gasteiger partial charge in [-0.15, -0.1) is 0 Å². The van der Waals surface area contributed by atoms with Crippen molar-refractivity contribution < 1.29 is 4.79 Å². The summed E-state index contributed by atoms with van der Waals surface area (Å²) in [6, 6.07) is 5.48. The minimum atomic E-state index is -0.0594. The van der Waals surface area contributed by atoms with Crippen LogP contribution in [0, 0.1) is 6.92 Å². The highest BCUT2D eigenvalue weighted by molar-refractivity contribution is 6.31. The Hall–Kier alpha value is -1.06. The van der Waals surface area contributed by atoms with E-state index < -0.39 is 0 Å². The van der Waals surface area contributed by atoms with Gasteiger partial charge in [0.25, 0.3) is 0 Å². The molecule has 1 aromatic rings. The number of hydrogen-bond acceptors (Lipinski definition) is 2. The normalized spacial score (nSPS) is 21.1. The second kappa shape index (κ2) is 3.83. The zero-order valence-electron chi connectivity index (χ0n) is 8.53. The van der Waals surface area contributed by atoms with Gasteiger partial charge in [-0.05, 0) is 24.6 Å². The zero-order chi connectivity index (χ0) is 11.0. The Kier molecular flexibility index (Phi) is 2.67. The lowest BCUT2D eigenvalue weighted by molar-refractivity contribution is -0.117. The van der Waals surface area contributed by atoms with Crippen LogP contribution < -0.4 is 10.6 Å². The Bertz CT molecular complexity index is 406. The van der Waals surface area contributed by atoms with Crippen LogP contribution in [0.1, 0.15) is 12.0 Å². The smallest absolute Gasteiger partial charge is 0.228 e. The lowest BCUT2D eigenvalue weighted by Gasteiger charge is -2.18. The lowest BCUT2D eigenvalue weighted by Crippen LogP contribution is -2.28. The molecule has 2 N–H and O–H groups in total. The van der Waals surface area contributed by atoms with Crippen LogP contribution in [0.25, 0.3) is 0 Å². The van der Waals surface area contributed by atoms with Crippen LogP contribution >= 0.6 is 11.6 Å². The van der Waals surface area contributed by atoms with Crippen molar-refractivity contribution in [3.8, 4) is 0 Å². The number of anilines is 1. The summed E-state index contributed by atoms with van der Waals surface area (Å²) in [7, 11) is 0. The fraction of sp³-hybridized carbons (Fsp3) is 0.364. The Labute approximate surface area is 93.8 Å². The van der Waals surface area contributed by atoms with E-state index in [1.165, 1.54) is 0 Å². The van der Waals surface area contributed by atoms with Crippen molar-refractivity contribution in [1.82, 2.24) is 0 Å². The zero-order valence-corrected chi connectivity index (χ0v) is 9.29. The van der Waals surface area contributed by atoms with Gasteiger partial charge in [-0.2, -0.15) is 0 Å². The molecule has 1 unspecified atom stereocenters. The summed E-state index contributed by atoms with van der Waals surface area (Å²) in [4.78, 5) is 13.4. The second-order valence-electron chi connectivity index (χ2n) is 3.90. The molecule has 0 bridgehead atoms. The summed E-state index contributed by atoms with van der Waals surface area (Å²) in [6.07, 6.45) is 0.423. The number of nitrogens with two attached hydrogens (primary N) is 1. The van der Waals surface area contributed by atoms with Gasteiger partial charge < -0.3 is 10.6 Å². The molecule has 80 valence electrons. The number of rotatable bonds is 1. The van der Waals surface area contributed by atoms with Crippen molar-refractivity contribution in [3.05, 3.63) is 28.8 Å². The van der Waals surface area contributed by atoms with Crippen molar-refractivity contribution in [3.63, 3.8) is 0 Å². The summed E-state index contributed by atoms with van der Waals surface area (Å²) in [5.74, 6) is 0.0767. The van der Waals surface area contributed by atoms with E-state index in [0.29, 0.717) is 18.0 Å². The van der Waals surface area contributed by atoms with E-state index in [2.05, 4.69) is 0 Å². The van der Waals surface area contributed by atoms with E-state index in [1.54, 1.807) is 4.90 Å². The molecule has 0 aromatic heterocycles. The summed E-state index contributed by atoms with van der Waals surface area (Å²) in [5, 5.41) is 0.642. The molecule has 1 heterocycles. The predicted octanol–water partition coefficient (Wildman–Crippen LogP) is 1.71. The van der Waals surface area contributed by atoms with E-state index in [0.717, 1.165) is 11.3 Å². The minimum Gasteiger partial charge on any atom is -0.326 e. The van der Waals surface area contributed by atoms with Gasteiger partial charge in [-0.25, -0.2) is 0 Å². The van der Waals surface area contributed by atoms with Gasteiger partial charge in [-0.1, -0.05) is 17.7 Å². The number of hydrogen-bond donors (Lipinski definition) is 1. The molecule has 1 atom stereocenters. The molecule has 0 spiro atoms. The molecule has 1 amide bonds. The summed E-state index contributed by atoms with van der Waals surface area (Å²) in [5.41, 5.74) is 7.66. The minimum absolute atomic E-state index is 0.0594. The molecule has 1 fully saturated rings. The van der Waals surface area contributed by atoms with Crippen LogP contribution in [-0.4, -0.2) is 18.5 Å². The average Bonchev–Trinajstić information content (AvgIpc) is 2.50. The number of benzene rings is 1. The van der Waals surface area contributed by atoms with Gasteiger partial charge in [0.2, 0.25) is 5.91 Å². The Morgan fingerprint density at radius 3 is 2.87 bits per heavy atom. The Morgan fingerprint density at radius 1 is 1.53 bits per heavy atom. The lowest BCUT2D eigenvalue weighted by atomic mass is 10.2. The van der Waals surface area contributed by atoms with E-state index in [-0.39, 0.29) is 11.9 Å². The molecule has 2 rings (SSSR count). The van der Waals surface area contributed by atoms with E-state index in [1.807, 2.05) is 25.1 Å². The van der Waals surface area contributed by atoms with Crippen molar-refractivity contribution >= 4 is 23.2 Å².